The molecular weight excluding hydrogens is 148 g/mol. The first-order chi connectivity index (χ1) is 5.72. The number of hydrogen-bond donors (Lipinski definition) is 0. The molecule has 0 aliphatic rings. The molecule has 0 aliphatic carbocycles. The van der Waals surface area contributed by atoms with Gasteiger partial charge in [0.25, 0.3) is 0 Å². The molecule has 1 atom stereocenters. The van der Waals surface area contributed by atoms with Crippen molar-refractivity contribution >= 4 is 0 Å². The van der Waals surface area contributed by atoms with E-state index in [0.29, 0.717) is 0 Å². The smallest absolute Gasteiger partial charge is 0.101 e. The Hall–Kier alpha value is -1.07. The number of nitriles is 1. The molecule has 1 unspecified atom stereocenters. The minimum atomic E-state index is -0.00827. The predicted octanol–water partition coefficient (Wildman–Crippen LogP) is 1.96. The third kappa shape index (κ3) is 4.70. The van der Waals surface area contributed by atoms with Gasteiger partial charge in [0, 0.05) is 0 Å². The van der Waals surface area contributed by atoms with E-state index in [1.54, 1.807) is 0 Å². The molecule has 0 heterocycles. The molecule has 2 heteroatoms. The van der Waals surface area contributed by atoms with Gasteiger partial charge in [-0.15, -0.1) is 6.58 Å². The first-order valence-corrected chi connectivity index (χ1v) is 4.04. The second kappa shape index (κ2) is 6.63. The summed E-state index contributed by atoms with van der Waals surface area (Å²) in [6.07, 6.45) is 7.56. The van der Waals surface area contributed by atoms with Gasteiger partial charge in [-0.1, -0.05) is 18.2 Å². The lowest BCUT2D eigenvalue weighted by Crippen LogP contribution is -2.25. The number of allylic oxidation sites excluding steroid dienone is 2. The van der Waals surface area contributed by atoms with Crippen LogP contribution < -0.4 is 0 Å². The predicted molar refractivity (Wildman–Crippen MR) is 51.7 cm³/mol. The maximum atomic E-state index is 8.71. The molecule has 0 fully saturated rings. The van der Waals surface area contributed by atoms with Gasteiger partial charge in [-0.05, 0) is 26.9 Å². The second-order valence-electron chi connectivity index (χ2n) is 2.84. The fourth-order valence-electron chi connectivity index (χ4n) is 0.797. The summed E-state index contributed by atoms with van der Waals surface area (Å²) in [7, 11) is 3.82. The highest BCUT2D eigenvalue weighted by molar-refractivity contribution is 4.98. The van der Waals surface area contributed by atoms with Crippen molar-refractivity contribution in [3.63, 3.8) is 0 Å². The number of rotatable bonds is 5. The molecule has 0 bridgehead atoms. The molecule has 0 saturated carbocycles. The van der Waals surface area contributed by atoms with E-state index in [9.17, 15) is 0 Å². The monoisotopic (exact) mass is 164 g/mol. The lowest BCUT2D eigenvalue weighted by Gasteiger charge is -2.14. The van der Waals surface area contributed by atoms with Crippen LogP contribution >= 0.6 is 0 Å². The average Bonchev–Trinajstić information content (AvgIpc) is 2.04. The molecule has 0 spiro atoms. The zero-order valence-electron chi connectivity index (χ0n) is 7.83. The van der Waals surface area contributed by atoms with Crippen molar-refractivity contribution in [1.82, 2.24) is 4.90 Å². The summed E-state index contributed by atoms with van der Waals surface area (Å²) >= 11 is 0. The lowest BCUT2D eigenvalue weighted by atomic mass is 10.2. The fourth-order valence-corrected chi connectivity index (χ4v) is 0.797. The second-order valence-corrected chi connectivity index (χ2v) is 2.84. The third-order valence-electron chi connectivity index (χ3n) is 1.60. The summed E-state index contributed by atoms with van der Waals surface area (Å²) < 4.78 is 0. The maximum absolute atomic E-state index is 8.71. The number of hydrogen-bond acceptors (Lipinski definition) is 2. The lowest BCUT2D eigenvalue weighted by molar-refractivity contribution is 0.352. The highest BCUT2D eigenvalue weighted by atomic mass is 15.1. The van der Waals surface area contributed by atoms with Crippen molar-refractivity contribution in [1.29, 1.82) is 5.26 Å². The molecular formula is C10H16N2. The zero-order chi connectivity index (χ0) is 9.40. The Morgan fingerprint density at radius 3 is 2.58 bits per heavy atom. The van der Waals surface area contributed by atoms with Crippen molar-refractivity contribution in [2.75, 3.05) is 14.1 Å². The molecule has 2 nitrogen and oxygen atoms in total. The van der Waals surface area contributed by atoms with Crippen LogP contribution in [-0.4, -0.2) is 25.0 Å². The first kappa shape index (κ1) is 10.9. The molecule has 0 amide bonds. The van der Waals surface area contributed by atoms with Gasteiger partial charge in [0.05, 0.1) is 6.07 Å². The molecule has 0 aromatic carbocycles. The van der Waals surface area contributed by atoms with Crippen LogP contribution in [0.25, 0.3) is 0 Å². The summed E-state index contributed by atoms with van der Waals surface area (Å²) in [5.41, 5.74) is 0. The summed E-state index contributed by atoms with van der Waals surface area (Å²) in [5.74, 6) is 0. The van der Waals surface area contributed by atoms with Gasteiger partial charge >= 0.3 is 0 Å². The van der Waals surface area contributed by atoms with E-state index in [-0.39, 0.29) is 6.04 Å². The van der Waals surface area contributed by atoms with Crippen LogP contribution in [0.15, 0.2) is 24.8 Å². The zero-order valence-corrected chi connectivity index (χ0v) is 7.83. The Bertz CT molecular complexity index is 187. The highest BCUT2D eigenvalue weighted by Crippen LogP contribution is 1.99. The first-order valence-electron chi connectivity index (χ1n) is 4.04. The normalized spacial score (nSPS) is 13.2. The molecule has 0 aliphatic heterocycles. The fraction of sp³-hybridized carbons (Fsp3) is 0.500. The van der Waals surface area contributed by atoms with Gasteiger partial charge in [0.1, 0.15) is 6.04 Å². The standard InChI is InChI=1S/C10H16N2/c1-4-5-6-7-8-10(9-11)12(2)3/h4,6-7,10H,1,5,8H2,2-3H3/b7-6+. The molecule has 0 aromatic rings. The van der Waals surface area contributed by atoms with Crippen LogP contribution in [0.5, 0.6) is 0 Å². The Morgan fingerprint density at radius 2 is 2.17 bits per heavy atom. The topological polar surface area (TPSA) is 27.0 Å². The summed E-state index contributed by atoms with van der Waals surface area (Å²) in [5, 5.41) is 8.71. The third-order valence-corrected chi connectivity index (χ3v) is 1.60. The van der Waals surface area contributed by atoms with Crippen molar-refractivity contribution in [3.8, 4) is 6.07 Å². The van der Waals surface area contributed by atoms with Crippen LogP contribution in [-0.2, 0) is 0 Å². The average molecular weight is 164 g/mol. The van der Waals surface area contributed by atoms with E-state index < -0.39 is 0 Å². The van der Waals surface area contributed by atoms with Gasteiger partial charge in [0.2, 0.25) is 0 Å². The van der Waals surface area contributed by atoms with E-state index in [4.69, 9.17) is 5.26 Å². The van der Waals surface area contributed by atoms with Crippen molar-refractivity contribution in [2.24, 2.45) is 0 Å². The Balaban J connectivity index is 3.74. The van der Waals surface area contributed by atoms with Gasteiger partial charge in [0.15, 0.2) is 0 Å². The van der Waals surface area contributed by atoms with Crippen molar-refractivity contribution < 1.29 is 0 Å². The quantitative estimate of drug-likeness (QED) is 0.581. The molecule has 0 N–H and O–H groups in total. The van der Waals surface area contributed by atoms with Crippen molar-refractivity contribution in [2.45, 2.75) is 18.9 Å². The molecule has 0 radical (unpaired) electrons. The minimum absolute atomic E-state index is 0.00827. The Kier molecular flexibility index (Phi) is 6.04. The van der Waals surface area contributed by atoms with Crippen LogP contribution in [0.4, 0.5) is 0 Å². The van der Waals surface area contributed by atoms with E-state index in [0.717, 1.165) is 12.8 Å². The van der Waals surface area contributed by atoms with Crippen LogP contribution in [0.1, 0.15) is 12.8 Å². The molecule has 0 aromatic heterocycles. The minimum Gasteiger partial charge on any atom is -0.294 e. The molecule has 66 valence electrons. The van der Waals surface area contributed by atoms with Gasteiger partial charge in [-0.2, -0.15) is 5.26 Å². The highest BCUT2D eigenvalue weighted by Gasteiger charge is 2.05. The molecule has 0 saturated heterocycles. The van der Waals surface area contributed by atoms with Gasteiger partial charge < -0.3 is 0 Å². The largest absolute Gasteiger partial charge is 0.294 e. The van der Waals surface area contributed by atoms with Gasteiger partial charge in [-0.25, -0.2) is 0 Å². The van der Waals surface area contributed by atoms with E-state index in [1.807, 2.05) is 37.2 Å². The van der Waals surface area contributed by atoms with Crippen molar-refractivity contribution in [3.05, 3.63) is 24.8 Å². The summed E-state index contributed by atoms with van der Waals surface area (Å²) in [4.78, 5) is 1.91. The summed E-state index contributed by atoms with van der Waals surface area (Å²) in [6, 6.07) is 2.22. The number of nitrogens with zero attached hydrogens (tertiary/aromatic N) is 2. The van der Waals surface area contributed by atoms with E-state index in [2.05, 4.69) is 12.6 Å². The van der Waals surface area contributed by atoms with Gasteiger partial charge in [-0.3, -0.25) is 4.90 Å². The summed E-state index contributed by atoms with van der Waals surface area (Å²) in [6.45, 7) is 3.61. The van der Waals surface area contributed by atoms with E-state index in [1.165, 1.54) is 0 Å². The van der Waals surface area contributed by atoms with E-state index >= 15 is 0 Å². The Morgan fingerprint density at radius 1 is 1.50 bits per heavy atom. The van der Waals surface area contributed by atoms with Crippen LogP contribution in [0.3, 0.4) is 0 Å². The SMILES string of the molecule is C=CC/C=C/CC(C#N)N(C)C. The van der Waals surface area contributed by atoms with Crippen LogP contribution in [0.2, 0.25) is 0 Å². The maximum Gasteiger partial charge on any atom is 0.101 e. The van der Waals surface area contributed by atoms with Crippen LogP contribution in [0, 0.1) is 11.3 Å². The molecule has 0 rings (SSSR count). The molecule has 12 heavy (non-hydrogen) atoms. The Labute approximate surface area is 74.8 Å².